The summed E-state index contributed by atoms with van der Waals surface area (Å²) in [5.41, 5.74) is 10.1. The third-order valence-corrected chi connectivity index (χ3v) is 6.32. The van der Waals surface area contributed by atoms with E-state index in [9.17, 15) is 14.3 Å². The molecule has 0 spiro atoms. The normalized spacial score (nSPS) is 16.2. The molecule has 9 heteroatoms. The second-order valence-corrected chi connectivity index (χ2v) is 8.04. The largest absolute Gasteiger partial charge is 0.494 e. The molecule has 5 N–H and O–H groups in total. The van der Waals surface area contributed by atoms with Gasteiger partial charge in [0.05, 0.1) is 24.1 Å². The molecule has 0 amide bonds. The fraction of sp³-hybridized carbons (Fsp3) is 0.318. The Balaban J connectivity index is 1.65. The summed E-state index contributed by atoms with van der Waals surface area (Å²) < 4.78 is 19.2. The molecule has 1 aliphatic heterocycles. The zero-order valence-electron chi connectivity index (χ0n) is 17.0. The first kappa shape index (κ1) is 19.7. The van der Waals surface area contributed by atoms with Gasteiger partial charge in [-0.25, -0.2) is 19.2 Å². The number of aryl methyl sites for hydroxylation is 1. The summed E-state index contributed by atoms with van der Waals surface area (Å²) in [4.78, 5) is 24.7. The van der Waals surface area contributed by atoms with E-state index in [-0.39, 0.29) is 5.75 Å². The van der Waals surface area contributed by atoms with E-state index in [0.29, 0.717) is 66.5 Å². The van der Waals surface area contributed by atoms with E-state index in [0.717, 1.165) is 11.1 Å². The lowest BCUT2D eigenvalue weighted by Crippen LogP contribution is -2.61. The van der Waals surface area contributed by atoms with Crippen LogP contribution in [0.3, 0.4) is 0 Å². The molecule has 1 aliphatic carbocycles. The van der Waals surface area contributed by atoms with Crippen LogP contribution in [0.1, 0.15) is 27.2 Å². The average Bonchev–Trinajstić information content (AvgIpc) is 3.13. The van der Waals surface area contributed by atoms with Gasteiger partial charge in [-0.05, 0) is 42.2 Å². The number of ether oxygens (including phenoxy) is 1. The van der Waals surface area contributed by atoms with Gasteiger partial charge in [-0.3, -0.25) is 0 Å². The molecule has 1 aromatic carbocycles. The minimum Gasteiger partial charge on any atom is -0.494 e. The third-order valence-electron chi connectivity index (χ3n) is 6.32. The van der Waals surface area contributed by atoms with Gasteiger partial charge in [0.1, 0.15) is 0 Å². The Kier molecular flexibility index (Phi) is 4.53. The molecule has 2 aliphatic rings. The lowest BCUT2D eigenvalue weighted by Gasteiger charge is -2.41. The number of nitrogens with zero attached hydrogens (tertiary/aromatic N) is 2. The predicted octanol–water partition coefficient (Wildman–Crippen LogP) is 1.88. The fourth-order valence-electron chi connectivity index (χ4n) is 4.49. The zero-order chi connectivity index (χ0) is 21.8. The number of nitrogens with two attached hydrogens (primary N) is 1. The number of halogens is 1. The van der Waals surface area contributed by atoms with Crippen molar-refractivity contribution in [1.82, 2.24) is 20.3 Å². The number of carboxylic acid groups (broad SMARTS) is 1. The zero-order valence-corrected chi connectivity index (χ0v) is 17.0. The van der Waals surface area contributed by atoms with Gasteiger partial charge in [0.15, 0.2) is 17.4 Å². The van der Waals surface area contributed by atoms with Crippen molar-refractivity contribution in [2.45, 2.75) is 18.3 Å². The highest BCUT2D eigenvalue weighted by atomic mass is 19.1. The summed E-state index contributed by atoms with van der Waals surface area (Å²) in [5, 5.41) is 13.2. The number of H-pyrrole nitrogens is 1. The third kappa shape index (κ3) is 2.92. The molecule has 0 unspecified atom stereocenters. The quantitative estimate of drug-likeness (QED) is 0.494. The van der Waals surface area contributed by atoms with E-state index < -0.39 is 17.2 Å². The summed E-state index contributed by atoms with van der Waals surface area (Å²) >= 11 is 0. The van der Waals surface area contributed by atoms with Gasteiger partial charge in [0.2, 0.25) is 0 Å². The maximum absolute atomic E-state index is 14.2. The van der Waals surface area contributed by atoms with Gasteiger partial charge < -0.3 is 25.9 Å². The Labute approximate surface area is 177 Å². The first-order chi connectivity index (χ1) is 15.0. The number of benzene rings is 1. The molecule has 160 valence electrons. The number of fused-ring (bicyclic) bond motifs is 3. The van der Waals surface area contributed by atoms with Crippen molar-refractivity contribution in [3.05, 3.63) is 52.6 Å². The number of nitrogens with one attached hydrogen (secondary N) is 2. The van der Waals surface area contributed by atoms with E-state index in [4.69, 9.17) is 15.5 Å². The summed E-state index contributed by atoms with van der Waals surface area (Å²) in [5.74, 6) is -0.966. The summed E-state index contributed by atoms with van der Waals surface area (Å²) in [6.07, 6.45) is 2.94. The first-order valence-electron chi connectivity index (χ1n) is 10.1. The molecule has 3 heterocycles. The van der Waals surface area contributed by atoms with Gasteiger partial charge in [0, 0.05) is 42.5 Å². The Bertz CT molecular complexity index is 1200. The molecule has 5 rings (SSSR count). The van der Waals surface area contributed by atoms with Gasteiger partial charge in [0.25, 0.3) is 0 Å². The van der Waals surface area contributed by atoms with Crippen LogP contribution in [0.4, 0.5) is 4.39 Å². The number of methoxy groups -OCH3 is 1. The Morgan fingerprint density at radius 2 is 2.16 bits per heavy atom. The maximum Gasteiger partial charge on any atom is 0.337 e. The monoisotopic (exact) mass is 423 g/mol. The Morgan fingerprint density at radius 1 is 1.35 bits per heavy atom. The molecule has 2 aromatic heterocycles. The van der Waals surface area contributed by atoms with E-state index >= 15 is 0 Å². The second-order valence-electron chi connectivity index (χ2n) is 8.04. The highest BCUT2D eigenvalue weighted by Crippen LogP contribution is 2.40. The van der Waals surface area contributed by atoms with Crippen LogP contribution in [0.2, 0.25) is 0 Å². The van der Waals surface area contributed by atoms with Crippen molar-refractivity contribution in [1.29, 1.82) is 0 Å². The molecular formula is C22H22FN5O3. The topological polar surface area (TPSA) is 126 Å². The highest BCUT2D eigenvalue weighted by Gasteiger charge is 2.44. The number of aromatic nitrogens is 3. The number of carboxylic acids is 1. The number of aromatic amines is 1. The number of carbonyl (C=O) groups is 1. The van der Waals surface area contributed by atoms with E-state index in [1.54, 1.807) is 12.3 Å². The Hall–Kier alpha value is -3.30. The molecule has 31 heavy (non-hydrogen) atoms. The van der Waals surface area contributed by atoms with Gasteiger partial charge in [-0.1, -0.05) is 0 Å². The number of hydrogen-bond acceptors (Lipinski definition) is 6. The van der Waals surface area contributed by atoms with E-state index in [1.165, 1.54) is 19.2 Å². The first-order valence-corrected chi connectivity index (χ1v) is 10.1. The van der Waals surface area contributed by atoms with Crippen molar-refractivity contribution in [3.63, 3.8) is 0 Å². The van der Waals surface area contributed by atoms with Crippen LogP contribution >= 0.6 is 0 Å². The molecule has 1 saturated heterocycles. The standard InChI is InChI=1S/C22H22FN5O3/c1-31-15-5-3-11(6-14(15)23)20-26-7-12-2-4-13-16(21(29)30)19(22(8-24)9-25-10-22)27-18(13)17(12)28-20/h3,5-7,25,27H,2,4,8-10,24H2,1H3,(H,29,30). The molecule has 0 saturated carbocycles. The lowest BCUT2D eigenvalue weighted by atomic mass is 9.76. The van der Waals surface area contributed by atoms with Crippen LogP contribution in [0.25, 0.3) is 22.8 Å². The molecule has 0 atom stereocenters. The van der Waals surface area contributed by atoms with E-state index in [1.807, 2.05) is 0 Å². The summed E-state index contributed by atoms with van der Waals surface area (Å²) in [6.45, 7) is 1.58. The van der Waals surface area contributed by atoms with Gasteiger partial charge in [-0.2, -0.15) is 0 Å². The van der Waals surface area contributed by atoms with Gasteiger partial charge in [-0.15, -0.1) is 0 Å². The highest BCUT2D eigenvalue weighted by molar-refractivity contribution is 5.95. The molecule has 0 radical (unpaired) electrons. The molecule has 8 nitrogen and oxygen atoms in total. The average molecular weight is 423 g/mol. The molecule has 1 fully saturated rings. The second kappa shape index (κ2) is 7.14. The minimum absolute atomic E-state index is 0.144. The summed E-state index contributed by atoms with van der Waals surface area (Å²) in [7, 11) is 1.41. The summed E-state index contributed by atoms with van der Waals surface area (Å²) in [6, 6.07) is 4.55. The number of rotatable bonds is 5. The van der Waals surface area contributed by atoms with Crippen molar-refractivity contribution < 1.29 is 19.0 Å². The van der Waals surface area contributed by atoms with Crippen LogP contribution in [-0.4, -0.2) is 52.8 Å². The molecule has 3 aromatic rings. The van der Waals surface area contributed by atoms with Crippen LogP contribution in [0, 0.1) is 5.82 Å². The van der Waals surface area contributed by atoms with E-state index in [2.05, 4.69) is 15.3 Å². The van der Waals surface area contributed by atoms with Crippen LogP contribution in [0.15, 0.2) is 24.4 Å². The fourth-order valence-corrected chi connectivity index (χ4v) is 4.49. The van der Waals surface area contributed by atoms with Crippen molar-refractivity contribution in [3.8, 4) is 28.5 Å². The smallest absolute Gasteiger partial charge is 0.337 e. The molecular weight excluding hydrogens is 401 g/mol. The van der Waals surface area contributed by atoms with Crippen molar-refractivity contribution in [2.24, 2.45) is 5.73 Å². The minimum atomic E-state index is -0.970. The van der Waals surface area contributed by atoms with Crippen molar-refractivity contribution >= 4 is 5.97 Å². The predicted molar refractivity (Wildman–Crippen MR) is 112 cm³/mol. The molecule has 0 bridgehead atoms. The Morgan fingerprint density at radius 3 is 2.77 bits per heavy atom. The van der Waals surface area contributed by atoms with Crippen molar-refractivity contribution in [2.75, 3.05) is 26.7 Å². The SMILES string of the molecule is COc1ccc(-c2ncc3c(n2)-c2[nH]c(C4(CN)CNC4)c(C(=O)O)c2CC3)cc1F. The number of aromatic carboxylic acids is 1. The van der Waals surface area contributed by atoms with Gasteiger partial charge >= 0.3 is 5.97 Å². The van der Waals surface area contributed by atoms with Crippen LogP contribution < -0.4 is 15.8 Å². The lowest BCUT2D eigenvalue weighted by molar-refractivity contribution is 0.0691. The van der Waals surface area contributed by atoms with Crippen LogP contribution in [0.5, 0.6) is 5.75 Å². The number of hydrogen-bond donors (Lipinski definition) is 4. The van der Waals surface area contributed by atoms with Crippen LogP contribution in [-0.2, 0) is 18.3 Å². The maximum atomic E-state index is 14.2.